The number of nitriles is 1. The smallest absolute Gasteiger partial charge is 0.405 e. The second-order valence-electron chi connectivity index (χ2n) is 7.15. The molecule has 2 unspecified atom stereocenters. The number of nitrogens with zero attached hydrogens (tertiary/aromatic N) is 2. The number of primary amides is 1. The summed E-state index contributed by atoms with van der Waals surface area (Å²) in [6.07, 6.45) is 4.03. The van der Waals surface area contributed by atoms with Crippen LogP contribution in [0.3, 0.4) is 0 Å². The standard InChI is InChI=1S/C23H18ClN3O4/c1-13-5-2-3-6-16(13)17-7-4-8-23(20(17)24,31-22(26)29)21-27-18-10-14(12-28)9-15(11-25)19(18)30-21/h2-10,20,28H,12H2,1H3,(H2,26,29). The van der Waals surface area contributed by atoms with Crippen LogP contribution in [-0.2, 0) is 16.9 Å². The fraction of sp³-hybridized carbons (Fsp3) is 0.174. The molecule has 4 rings (SSSR count). The second kappa shape index (κ2) is 7.91. The molecule has 2 atom stereocenters. The number of aryl methyl sites for hydroxylation is 1. The molecule has 0 saturated carbocycles. The van der Waals surface area contributed by atoms with Crippen LogP contribution in [-0.4, -0.2) is 21.6 Å². The van der Waals surface area contributed by atoms with Gasteiger partial charge >= 0.3 is 6.09 Å². The number of carbonyl (C=O) groups is 1. The summed E-state index contributed by atoms with van der Waals surface area (Å²) in [5.41, 5.74) is 7.53. The first-order chi connectivity index (χ1) is 14.9. The summed E-state index contributed by atoms with van der Waals surface area (Å²) in [5, 5.41) is 18.0. The Morgan fingerprint density at radius 3 is 2.87 bits per heavy atom. The monoisotopic (exact) mass is 435 g/mol. The number of halogens is 1. The zero-order valence-corrected chi connectivity index (χ0v) is 17.3. The molecule has 31 heavy (non-hydrogen) atoms. The van der Waals surface area contributed by atoms with Crippen LogP contribution in [0.4, 0.5) is 4.79 Å². The number of aliphatic hydroxyl groups excluding tert-OH is 1. The van der Waals surface area contributed by atoms with Crippen LogP contribution in [0.2, 0.25) is 0 Å². The van der Waals surface area contributed by atoms with E-state index in [1.165, 1.54) is 6.07 Å². The van der Waals surface area contributed by atoms with E-state index in [0.717, 1.165) is 11.1 Å². The summed E-state index contributed by atoms with van der Waals surface area (Å²) in [5.74, 6) is -0.0247. The van der Waals surface area contributed by atoms with Gasteiger partial charge in [0.15, 0.2) is 5.58 Å². The number of benzene rings is 2. The second-order valence-corrected chi connectivity index (χ2v) is 7.59. The Hall–Kier alpha value is -3.60. The number of hydrogen-bond acceptors (Lipinski definition) is 6. The van der Waals surface area contributed by atoms with Crippen molar-refractivity contribution >= 4 is 34.4 Å². The van der Waals surface area contributed by atoms with E-state index in [2.05, 4.69) is 4.98 Å². The summed E-state index contributed by atoms with van der Waals surface area (Å²) < 4.78 is 11.4. The minimum absolute atomic E-state index is 0.0247. The Kier molecular flexibility index (Phi) is 5.27. The Balaban J connectivity index is 1.91. The first-order valence-electron chi connectivity index (χ1n) is 9.42. The summed E-state index contributed by atoms with van der Waals surface area (Å²) >= 11 is 6.89. The SMILES string of the molecule is Cc1ccccc1C1=CC=CC(OC(N)=O)(c2nc3cc(CO)cc(C#N)c3o2)C1Cl. The predicted molar refractivity (Wildman–Crippen MR) is 115 cm³/mol. The lowest BCUT2D eigenvalue weighted by molar-refractivity contribution is 0.0374. The lowest BCUT2D eigenvalue weighted by Gasteiger charge is -2.34. The molecule has 0 fully saturated rings. The molecule has 1 heterocycles. The van der Waals surface area contributed by atoms with E-state index >= 15 is 0 Å². The highest BCUT2D eigenvalue weighted by atomic mass is 35.5. The number of nitrogens with two attached hydrogens (primary N) is 1. The highest BCUT2D eigenvalue weighted by Gasteiger charge is 2.49. The number of allylic oxidation sites excluding steroid dienone is 2. The molecule has 1 aromatic heterocycles. The van der Waals surface area contributed by atoms with E-state index in [9.17, 15) is 15.2 Å². The number of hydrogen-bond donors (Lipinski definition) is 2. The van der Waals surface area contributed by atoms with Crippen molar-refractivity contribution < 1.29 is 19.1 Å². The van der Waals surface area contributed by atoms with Gasteiger partial charge in [-0.25, -0.2) is 9.78 Å². The zero-order chi connectivity index (χ0) is 22.2. The van der Waals surface area contributed by atoms with Crippen molar-refractivity contribution in [3.05, 3.63) is 82.8 Å². The molecule has 1 amide bonds. The number of rotatable bonds is 4. The summed E-state index contributed by atoms with van der Waals surface area (Å²) in [4.78, 5) is 16.3. The number of oxazole rings is 1. The Bertz CT molecular complexity index is 1290. The Morgan fingerprint density at radius 1 is 1.42 bits per heavy atom. The van der Waals surface area contributed by atoms with Crippen molar-refractivity contribution in [2.75, 3.05) is 0 Å². The molecule has 156 valence electrons. The molecule has 2 aromatic carbocycles. The number of carbonyl (C=O) groups excluding carboxylic acids is 1. The van der Waals surface area contributed by atoms with Gasteiger partial charge < -0.3 is 20.0 Å². The van der Waals surface area contributed by atoms with Crippen LogP contribution >= 0.6 is 11.6 Å². The van der Waals surface area contributed by atoms with Gasteiger partial charge in [0.2, 0.25) is 11.5 Å². The summed E-state index contributed by atoms with van der Waals surface area (Å²) in [7, 11) is 0. The number of alkyl halides is 1. The quantitative estimate of drug-likeness (QED) is 0.596. The van der Waals surface area contributed by atoms with Crippen LogP contribution in [0.15, 0.2) is 59.0 Å². The first-order valence-corrected chi connectivity index (χ1v) is 9.86. The average molecular weight is 436 g/mol. The first kappa shape index (κ1) is 20.7. The van der Waals surface area contributed by atoms with Crippen molar-refractivity contribution in [2.45, 2.75) is 24.5 Å². The third kappa shape index (κ3) is 3.46. The van der Waals surface area contributed by atoms with Gasteiger partial charge in [-0.2, -0.15) is 5.26 Å². The van der Waals surface area contributed by atoms with Crippen LogP contribution < -0.4 is 5.73 Å². The number of aromatic nitrogens is 1. The molecule has 7 nitrogen and oxygen atoms in total. The maximum Gasteiger partial charge on any atom is 0.405 e. The molecular weight excluding hydrogens is 418 g/mol. The van der Waals surface area contributed by atoms with E-state index in [4.69, 9.17) is 26.5 Å². The number of ether oxygens (including phenoxy) is 1. The lowest BCUT2D eigenvalue weighted by Crippen LogP contribution is -2.43. The largest absolute Gasteiger partial charge is 0.435 e. The van der Waals surface area contributed by atoms with Crippen LogP contribution in [0.5, 0.6) is 0 Å². The van der Waals surface area contributed by atoms with Crippen molar-refractivity contribution in [1.82, 2.24) is 4.98 Å². The maximum atomic E-state index is 11.9. The Labute approximate surface area is 183 Å². The molecule has 0 aliphatic heterocycles. The number of fused-ring (bicyclic) bond motifs is 1. The van der Waals surface area contributed by atoms with Crippen molar-refractivity contribution in [2.24, 2.45) is 5.73 Å². The molecule has 0 radical (unpaired) electrons. The third-order valence-electron chi connectivity index (χ3n) is 5.18. The van der Waals surface area contributed by atoms with Gasteiger partial charge in [0.05, 0.1) is 12.2 Å². The van der Waals surface area contributed by atoms with E-state index in [1.807, 2.05) is 43.3 Å². The predicted octanol–water partition coefficient (Wildman–Crippen LogP) is 4.05. The van der Waals surface area contributed by atoms with Gasteiger partial charge in [-0.1, -0.05) is 36.4 Å². The lowest BCUT2D eigenvalue weighted by atomic mass is 9.84. The maximum absolute atomic E-state index is 11.9. The summed E-state index contributed by atoms with van der Waals surface area (Å²) in [6, 6.07) is 12.8. The normalized spacial score (nSPS) is 20.3. The fourth-order valence-electron chi connectivity index (χ4n) is 3.73. The van der Waals surface area contributed by atoms with Gasteiger partial charge in [0.25, 0.3) is 0 Å². The minimum Gasteiger partial charge on any atom is -0.435 e. The molecule has 3 aromatic rings. The van der Waals surface area contributed by atoms with Gasteiger partial charge in [0, 0.05) is 0 Å². The molecule has 8 heteroatoms. The van der Waals surface area contributed by atoms with Crippen LogP contribution in [0, 0.1) is 18.3 Å². The van der Waals surface area contributed by atoms with Crippen molar-refractivity contribution in [3.63, 3.8) is 0 Å². The van der Waals surface area contributed by atoms with Crippen molar-refractivity contribution in [3.8, 4) is 6.07 Å². The van der Waals surface area contributed by atoms with Gasteiger partial charge in [-0.3, -0.25) is 0 Å². The minimum atomic E-state index is -1.63. The molecule has 0 saturated heterocycles. The van der Waals surface area contributed by atoms with Gasteiger partial charge in [-0.05, 0) is 47.4 Å². The molecule has 1 aliphatic carbocycles. The van der Waals surface area contributed by atoms with E-state index < -0.39 is 17.1 Å². The average Bonchev–Trinajstić information content (AvgIpc) is 3.19. The van der Waals surface area contributed by atoms with E-state index in [1.54, 1.807) is 18.2 Å². The topological polar surface area (TPSA) is 122 Å². The molecule has 0 spiro atoms. The van der Waals surface area contributed by atoms with Crippen molar-refractivity contribution in [1.29, 1.82) is 5.26 Å². The molecule has 0 bridgehead atoms. The molecule has 3 N–H and O–H groups in total. The summed E-state index contributed by atoms with van der Waals surface area (Å²) in [6.45, 7) is 1.68. The highest BCUT2D eigenvalue weighted by Crippen LogP contribution is 2.45. The van der Waals surface area contributed by atoms with Crippen LogP contribution in [0.1, 0.15) is 28.1 Å². The van der Waals surface area contributed by atoms with Gasteiger partial charge in [0.1, 0.15) is 17.0 Å². The Morgan fingerprint density at radius 2 is 2.19 bits per heavy atom. The molecule has 1 aliphatic rings. The fourth-order valence-corrected chi connectivity index (χ4v) is 4.13. The van der Waals surface area contributed by atoms with Gasteiger partial charge in [-0.15, -0.1) is 11.6 Å². The third-order valence-corrected chi connectivity index (χ3v) is 5.74. The van der Waals surface area contributed by atoms with E-state index in [-0.39, 0.29) is 23.6 Å². The number of amides is 1. The number of aliphatic hydroxyl groups is 1. The van der Waals surface area contributed by atoms with Crippen LogP contribution in [0.25, 0.3) is 16.7 Å². The van der Waals surface area contributed by atoms with E-state index in [0.29, 0.717) is 16.7 Å². The molecular formula is C23H18ClN3O4. The zero-order valence-electron chi connectivity index (χ0n) is 16.5. The highest BCUT2D eigenvalue weighted by molar-refractivity contribution is 6.28.